The Labute approximate surface area is 151 Å². The smallest absolute Gasteiger partial charge is 0.0543 e. The van der Waals surface area contributed by atoms with Crippen LogP contribution in [-0.2, 0) is 6.54 Å². The first-order valence-electron chi connectivity index (χ1n) is 9.58. The molecule has 2 aliphatic rings. The Morgan fingerprint density at radius 1 is 1.04 bits per heavy atom. The predicted octanol–water partition coefficient (Wildman–Crippen LogP) is 3.78. The Morgan fingerprint density at radius 3 is 2.52 bits per heavy atom. The lowest BCUT2D eigenvalue weighted by atomic mass is 9.68. The van der Waals surface area contributed by atoms with Gasteiger partial charge in [0.25, 0.3) is 0 Å². The minimum atomic E-state index is 0.494. The Kier molecular flexibility index (Phi) is 4.87. The van der Waals surface area contributed by atoms with Gasteiger partial charge < -0.3 is 4.90 Å². The van der Waals surface area contributed by atoms with E-state index < -0.39 is 0 Å². The Balaban J connectivity index is 1.41. The lowest BCUT2D eigenvalue weighted by Crippen LogP contribution is -2.50. The van der Waals surface area contributed by atoms with Crippen molar-refractivity contribution in [3.05, 3.63) is 66.0 Å². The molecule has 0 radical (unpaired) electrons. The molecule has 1 spiro atoms. The molecule has 2 saturated heterocycles. The number of pyridine rings is 1. The molecule has 2 aromatic rings. The average Bonchev–Trinajstić information content (AvgIpc) is 2.65. The summed E-state index contributed by atoms with van der Waals surface area (Å²) < 4.78 is 0. The third-order valence-electron chi connectivity index (χ3n) is 6.12. The van der Waals surface area contributed by atoms with Gasteiger partial charge in [-0.1, -0.05) is 36.4 Å². The molecule has 0 aliphatic carbocycles. The van der Waals surface area contributed by atoms with Crippen LogP contribution in [0.4, 0.5) is 0 Å². The van der Waals surface area contributed by atoms with Crippen molar-refractivity contribution in [1.82, 2.24) is 14.8 Å². The molecular weight excluding hydrogens is 306 g/mol. The molecule has 132 valence electrons. The largest absolute Gasteiger partial charge is 0.305 e. The fraction of sp³-hybridized carbons (Fsp3) is 0.500. The van der Waals surface area contributed by atoms with Crippen LogP contribution in [0.15, 0.2) is 54.7 Å². The van der Waals surface area contributed by atoms with Crippen LogP contribution in [0.1, 0.15) is 36.4 Å². The van der Waals surface area contributed by atoms with Gasteiger partial charge in [-0.3, -0.25) is 9.88 Å². The third kappa shape index (κ3) is 3.94. The summed E-state index contributed by atoms with van der Waals surface area (Å²) in [6, 6.07) is 17.4. The van der Waals surface area contributed by atoms with E-state index in [1.807, 2.05) is 12.3 Å². The standard InChI is InChI=1S/C22H29N3/c1-24-16-20(19-7-3-2-4-8-19)15-22(18-24)10-13-25(14-11-22)17-21-9-5-6-12-23-21/h2-9,12,20H,10-11,13-18H2,1H3. The molecule has 3 heteroatoms. The van der Waals surface area contributed by atoms with Gasteiger partial charge in [-0.05, 0) is 68.4 Å². The van der Waals surface area contributed by atoms with Crippen LogP contribution in [-0.4, -0.2) is 48.0 Å². The zero-order valence-corrected chi connectivity index (χ0v) is 15.3. The summed E-state index contributed by atoms with van der Waals surface area (Å²) in [4.78, 5) is 9.64. The maximum atomic E-state index is 4.49. The molecule has 0 amide bonds. The van der Waals surface area contributed by atoms with E-state index in [0.29, 0.717) is 11.3 Å². The Morgan fingerprint density at radius 2 is 1.80 bits per heavy atom. The van der Waals surface area contributed by atoms with Crippen molar-refractivity contribution in [1.29, 1.82) is 0 Å². The van der Waals surface area contributed by atoms with Crippen LogP contribution in [0.25, 0.3) is 0 Å². The van der Waals surface area contributed by atoms with E-state index in [-0.39, 0.29) is 0 Å². The maximum absolute atomic E-state index is 4.49. The molecule has 2 aliphatic heterocycles. The molecule has 3 heterocycles. The summed E-state index contributed by atoms with van der Waals surface area (Å²) in [5.41, 5.74) is 3.21. The second kappa shape index (κ2) is 7.27. The molecule has 25 heavy (non-hydrogen) atoms. The van der Waals surface area contributed by atoms with Gasteiger partial charge in [0.05, 0.1) is 5.69 Å². The molecule has 3 nitrogen and oxygen atoms in total. The van der Waals surface area contributed by atoms with Crippen LogP contribution in [0, 0.1) is 5.41 Å². The second-order valence-electron chi connectivity index (χ2n) is 8.11. The first-order chi connectivity index (χ1) is 12.2. The number of likely N-dealkylation sites (N-methyl/N-ethyl adjacent to an activating group) is 1. The van der Waals surface area contributed by atoms with E-state index >= 15 is 0 Å². The molecule has 4 rings (SSSR count). The van der Waals surface area contributed by atoms with E-state index in [1.165, 1.54) is 56.7 Å². The number of benzene rings is 1. The summed E-state index contributed by atoms with van der Waals surface area (Å²) in [6.45, 7) is 5.85. The highest BCUT2D eigenvalue weighted by atomic mass is 15.2. The SMILES string of the molecule is CN1CC(c2ccccc2)CC2(CCN(Cc3ccccn3)CC2)C1. The van der Waals surface area contributed by atoms with Crippen molar-refractivity contribution >= 4 is 0 Å². The highest BCUT2D eigenvalue weighted by molar-refractivity contribution is 5.21. The predicted molar refractivity (Wildman–Crippen MR) is 102 cm³/mol. The van der Waals surface area contributed by atoms with Crippen LogP contribution >= 0.6 is 0 Å². The number of likely N-dealkylation sites (tertiary alicyclic amines) is 2. The molecule has 1 aromatic carbocycles. The molecule has 0 N–H and O–H groups in total. The molecule has 1 atom stereocenters. The van der Waals surface area contributed by atoms with Gasteiger partial charge in [0.2, 0.25) is 0 Å². The quantitative estimate of drug-likeness (QED) is 0.851. The Bertz CT molecular complexity index is 662. The summed E-state index contributed by atoms with van der Waals surface area (Å²) in [6.07, 6.45) is 5.88. The number of hydrogen-bond donors (Lipinski definition) is 0. The summed E-state index contributed by atoms with van der Waals surface area (Å²) in [7, 11) is 2.30. The Hall–Kier alpha value is -1.71. The van der Waals surface area contributed by atoms with Crippen LogP contribution in [0.2, 0.25) is 0 Å². The van der Waals surface area contributed by atoms with E-state index in [4.69, 9.17) is 0 Å². The monoisotopic (exact) mass is 335 g/mol. The summed E-state index contributed by atoms with van der Waals surface area (Å²) >= 11 is 0. The van der Waals surface area contributed by atoms with Crippen molar-refractivity contribution in [3.63, 3.8) is 0 Å². The van der Waals surface area contributed by atoms with E-state index in [1.54, 1.807) is 0 Å². The normalized spacial score (nSPS) is 24.4. The number of rotatable bonds is 3. The first-order valence-corrected chi connectivity index (χ1v) is 9.58. The van der Waals surface area contributed by atoms with Crippen LogP contribution in [0.3, 0.4) is 0 Å². The van der Waals surface area contributed by atoms with Crippen molar-refractivity contribution in [2.75, 3.05) is 33.2 Å². The van der Waals surface area contributed by atoms with E-state index in [9.17, 15) is 0 Å². The molecule has 2 fully saturated rings. The van der Waals surface area contributed by atoms with Gasteiger partial charge in [-0.2, -0.15) is 0 Å². The van der Waals surface area contributed by atoms with Gasteiger partial charge in [-0.25, -0.2) is 0 Å². The van der Waals surface area contributed by atoms with Crippen molar-refractivity contribution < 1.29 is 0 Å². The van der Waals surface area contributed by atoms with E-state index in [0.717, 1.165) is 6.54 Å². The zero-order valence-electron chi connectivity index (χ0n) is 15.3. The van der Waals surface area contributed by atoms with E-state index in [2.05, 4.69) is 64.3 Å². The molecule has 1 aromatic heterocycles. The highest BCUT2D eigenvalue weighted by Crippen LogP contribution is 2.44. The van der Waals surface area contributed by atoms with Crippen LogP contribution in [0.5, 0.6) is 0 Å². The summed E-state index contributed by atoms with van der Waals surface area (Å²) in [5, 5.41) is 0. The van der Waals surface area contributed by atoms with Gasteiger partial charge in [0, 0.05) is 25.8 Å². The maximum Gasteiger partial charge on any atom is 0.0543 e. The summed E-state index contributed by atoms with van der Waals surface area (Å²) in [5.74, 6) is 0.683. The van der Waals surface area contributed by atoms with Crippen LogP contribution < -0.4 is 0 Å². The molecule has 1 unspecified atom stereocenters. The van der Waals surface area contributed by atoms with Gasteiger partial charge in [0.1, 0.15) is 0 Å². The fourth-order valence-electron chi connectivity index (χ4n) is 4.88. The van der Waals surface area contributed by atoms with Crippen molar-refractivity contribution in [2.24, 2.45) is 5.41 Å². The first kappa shape index (κ1) is 16.7. The fourth-order valence-corrected chi connectivity index (χ4v) is 4.88. The minimum absolute atomic E-state index is 0.494. The lowest BCUT2D eigenvalue weighted by molar-refractivity contribution is 0.0215. The topological polar surface area (TPSA) is 19.4 Å². The zero-order chi connectivity index (χ0) is 17.1. The number of piperidine rings is 2. The lowest BCUT2D eigenvalue weighted by Gasteiger charge is -2.49. The molecular formula is C22H29N3. The minimum Gasteiger partial charge on any atom is -0.305 e. The number of hydrogen-bond acceptors (Lipinski definition) is 3. The van der Waals surface area contributed by atoms with Gasteiger partial charge in [0.15, 0.2) is 0 Å². The van der Waals surface area contributed by atoms with Gasteiger partial charge in [-0.15, -0.1) is 0 Å². The number of aromatic nitrogens is 1. The molecule has 0 saturated carbocycles. The number of nitrogens with zero attached hydrogens (tertiary/aromatic N) is 3. The highest BCUT2D eigenvalue weighted by Gasteiger charge is 2.41. The third-order valence-corrected chi connectivity index (χ3v) is 6.12. The average molecular weight is 335 g/mol. The molecule has 0 bridgehead atoms. The second-order valence-corrected chi connectivity index (χ2v) is 8.11. The van der Waals surface area contributed by atoms with Crippen molar-refractivity contribution in [3.8, 4) is 0 Å². The van der Waals surface area contributed by atoms with Gasteiger partial charge >= 0.3 is 0 Å². The van der Waals surface area contributed by atoms with Crippen molar-refractivity contribution in [2.45, 2.75) is 31.7 Å².